The molecule has 0 atom stereocenters. The van der Waals surface area contributed by atoms with Crippen LogP contribution in [0.4, 0.5) is 10.5 Å². The largest absolute Gasteiger partial charge is 0.380 e. The Kier molecular flexibility index (Phi) is 3.54. The van der Waals surface area contributed by atoms with E-state index in [1.54, 1.807) is 24.3 Å². The molecule has 1 aliphatic rings. The number of ether oxygens (including phenoxy) is 1. The highest BCUT2D eigenvalue weighted by Gasteiger charge is 2.33. The number of hydrogen-bond donors (Lipinski definition) is 2. The quantitative estimate of drug-likeness (QED) is 0.871. The van der Waals surface area contributed by atoms with Crippen molar-refractivity contribution in [3.63, 3.8) is 0 Å². The molecule has 1 aromatic rings. The van der Waals surface area contributed by atoms with Gasteiger partial charge in [-0.3, -0.25) is 0 Å². The van der Waals surface area contributed by atoms with E-state index in [1.807, 2.05) is 0 Å². The summed E-state index contributed by atoms with van der Waals surface area (Å²) in [4.78, 5) is 11.6. The third kappa shape index (κ3) is 3.35. The van der Waals surface area contributed by atoms with Crippen molar-refractivity contribution in [1.82, 2.24) is 5.32 Å². The maximum atomic E-state index is 11.6. The molecule has 5 heteroatoms. The van der Waals surface area contributed by atoms with E-state index in [2.05, 4.69) is 17.6 Å². The lowest BCUT2D eigenvalue weighted by Gasteiger charge is -2.37. The Hall–Kier alpha value is -1.26. The van der Waals surface area contributed by atoms with Gasteiger partial charge in [0.15, 0.2) is 0 Å². The van der Waals surface area contributed by atoms with Crippen molar-refractivity contribution >= 4 is 23.3 Å². The van der Waals surface area contributed by atoms with Crippen LogP contribution in [0.5, 0.6) is 0 Å². The van der Waals surface area contributed by atoms with Crippen molar-refractivity contribution in [2.45, 2.75) is 6.92 Å². The van der Waals surface area contributed by atoms with Crippen LogP contribution in [0, 0.1) is 5.41 Å². The molecule has 2 N–H and O–H groups in total. The second-order valence-corrected chi connectivity index (χ2v) is 5.05. The highest BCUT2D eigenvalue weighted by atomic mass is 35.5. The minimum atomic E-state index is -0.208. The van der Waals surface area contributed by atoms with Crippen LogP contribution >= 0.6 is 11.6 Å². The summed E-state index contributed by atoms with van der Waals surface area (Å²) in [7, 11) is 0. The minimum absolute atomic E-state index is 0.0807. The molecule has 1 aliphatic heterocycles. The van der Waals surface area contributed by atoms with Gasteiger partial charge in [0, 0.05) is 22.7 Å². The molecule has 0 unspecified atom stereocenters. The molecule has 4 nitrogen and oxygen atoms in total. The Morgan fingerprint density at radius 2 is 2.06 bits per heavy atom. The molecule has 1 fully saturated rings. The summed E-state index contributed by atoms with van der Waals surface area (Å²) in [5.74, 6) is 0. The van der Waals surface area contributed by atoms with E-state index in [0.717, 1.165) is 5.69 Å². The first-order valence-electron chi connectivity index (χ1n) is 5.46. The standard InChI is InChI=1S/C12H15ClN2O2/c1-12(7-17-8-12)6-14-11(16)15-10-4-2-9(13)3-5-10/h2-5H,6-8H2,1H3,(H2,14,15,16). The monoisotopic (exact) mass is 254 g/mol. The van der Waals surface area contributed by atoms with Gasteiger partial charge < -0.3 is 15.4 Å². The first kappa shape index (κ1) is 12.2. The van der Waals surface area contributed by atoms with Crippen LogP contribution in [-0.2, 0) is 4.74 Å². The maximum Gasteiger partial charge on any atom is 0.319 e. The van der Waals surface area contributed by atoms with Crippen molar-refractivity contribution in [2.75, 3.05) is 25.1 Å². The number of rotatable bonds is 3. The summed E-state index contributed by atoms with van der Waals surface area (Å²) >= 11 is 5.75. The molecule has 0 aromatic heterocycles. The Labute approximate surface area is 105 Å². The fourth-order valence-electron chi connectivity index (χ4n) is 1.55. The van der Waals surface area contributed by atoms with Crippen LogP contribution in [0.15, 0.2) is 24.3 Å². The van der Waals surface area contributed by atoms with Gasteiger partial charge in [-0.2, -0.15) is 0 Å². The minimum Gasteiger partial charge on any atom is -0.380 e. The van der Waals surface area contributed by atoms with Gasteiger partial charge in [0.1, 0.15) is 0 Å². The molecule has 0 spiro atoms. The van der Waals surface area contributed by atoms with Crippen LogP contribution in [0.1, 0.15) is 6.92 Å². The fraction of sp³-hybridized carbons (Fsp3) is 0.417. The zero-order valence-electron chi connectivity index (χ0n) is 9.63. The lowest BCUT2D eigenvalue weighted by Crippen LogP contribution is -2.49. The second-order valence-electron chi connectivity index (χ2n) is 4.62. The number of carbonyl (C=O) groups is 1. The maximum absolute atomic E-state index is 11.6. The Balaban J connectivity index is 1.79. The van der Waals surface area contributed by atoms with Gasteiger partial charge in [0.2, 0.25) is 0 Å². The van der Waals surface area contributed by atoms with E-state index in [1.165, 1.54) is 0 Å². The average molecular weight is 255 g/mol. The molecule has 1 aromatic carbocycles. The average Bonchev–Trinajstić information content (AvgIpc) is 2.27. The first-order valence-corrected chi connectivity index (χ1v) is 5.83. The number of anilines is 1. The molecule has 0 saturated carbocycles. The summed E-state index contributed by atoms with van der Waals surface area (Å²) in [6.07, 6.45) is 0. The van der Waals surface area contributed by atoms with Crippen LogP contribution in [-0.4, -0.2) is 25.8 Å². The molecule has 92 valence electrons. The molecule has 2 rings (SSSR count). The highest BCUT2D eigenvalue weighted by molar-refractivity contribution is 6.30. The molecule has 0 bridgehead atoms. The van der Waals surface area contributed by atoms with Crippen molar-refractivity contribution in [1.29, 1.82) is 0 Å². The normalized spacial score (nSPS) is 17.1. The number of benzene rings is 1. The molecule has 0 aliphatic carbocycles. The molecule has 1 saturated heterocycles. The van der Waals surface area contributed by atoms with Crippen molar-refractivity contribution < 1.29 is 9.53 Å². The fourth-order valence-corrected chi connectivity index (χ4v) is 1.68. The summed E-state index contributed by atoms with van der Waals surface area (Å²) < 4.78 is 5.12. The van der Waals surface area contributed by atoms with E-state index in [0.29, 0.717) is 24.8 Å². The van der Waals surface area contributed by atoms with E-state index >= 15 is 0 Å². The lowest BCUT2D eigenvalue weighted by atomic mass is 9.89. The van der Waals surface area contributed by atoms with Gasteiger partial charge in [-0.15, -0.1) is 0 Å². The smallest absolute Gasteiger partial charge is 0.319 e. The molecular weight excluding hydrogens is 240 g/mol. The topological polar surface area (TPSA) is 50.4 Å². The van der Waals surface area contributed by atoms with Gasteiger partial charge in [0.25, 0.3) is 0 Å². The van der Waals surface area contributed by atoms with Crippen LogP contribution in [0.25, 0.3) is 0 Å². The predicted molar refractivity (Wildman–Crippen MR) is 67.4 cm³/mol. The van der Waals surface area contributed by atoms with Gasteiger partial charge in [-0.1, -0.05) is 18.5 Å². The third-order valence-corrected chi connectivity index (χ3v) is 2.93. The number of halogens is 1. The SMILES string of the molecule is CC1(CNC(=O)Nc2ccc(Cl)cc2)COC1. The Morgan fingerprint density at radius 3 is 2.59 bits per heavy atom. The molecule has 1 heterocycles. The van der Waals surface area contributed by atoms with E-state index in [-0.39, 0.29) is 11.4 Å². The number of urea groups is 1. The number of carbonyl (C=O) groups excluding carboxylic acids is 1. The van der Waals surface area contributed by atoms with Crippen LogP contribution in [0.2, 0.25) is 5.02 Å². The van der Waals surface area contributed by atoms with Crippen LogP contribution < -0.4 is 10.6 Å². The molecular formula is C12H15ClN2O2. The van der Waals surface area contributed by atoms with Crippen molar-refractivity contribution in [3.05, 3.63) is 29.3 Å². The molecule has 0 radical (unpaired) electrons. The first-order chi connectivity index (χ1) is 8.07. The number of amides is 2. The second kappa shape index (κ2) is 4.94. The zero-order chi connectivity index (χ0) is 12.3. The van der Waals surface area contributed by atoms with Crippen molar-refractivity contribution in [2.24, 2.45) is 5.41 Å². The van der Waals surface area contributed by atoms with E-state index in [9.17, 15) is 4.79 Å². The summed E-state index contributed by atoms with van der Waals surface area (Å²) in [6.45, 7) is 4.11. The van der Waals surface area contributed by atoms with Gasteiger partial charge in [0.05, 0.1) is 13.2 Å². The van der Waals surface area contributed by atoms with Crippen LogP contribution in [0.3, 0.4) is 0 Å². The summed E-state index contributed by atoms with van der Waals surface area (Å²) in [6, 6.07) is 6.78. The number of hydrogen-bond acceptors (Lipinski definition) is 2. The molecule has 17 heavy (non-hydrogen) atoms. The Bertz CT molecular complexity index is 401. The van der Waals surface area contributed by atoms with Gasteiger partial charge in [-0.25, -0.2) is 4.79 Å². The number of nitrogens with one attached hydrogen (secondary N) is 2. The lowest BCUT2D eigenvalue weighted by molar-refractivity contribution is -0.0974. The van der Waals surface area contributed by atoms with E-state index in [4.69, 9.17) is 16.3 Å². The predicted octanol–water partition coefficient (Wildman–Crippen LogP) is 2.50. The van der Waals surface area contributed by atoms with Crippen molar-refractivity contribution in [3.8, 4) is 0 Å². The van der Waals surface area contributed by atoms with E-state index < -0.39 is 0 Å². The zero-order valence-corrected chi connectivity index (χ0v) is 10.4. The van der Waals surface area contributed by atoms with Gasteiger partial charge >= 0.3 is 6.03 Å². The third-order valence-electron chi connectivity index (χ3n) is 2.68. The molecule has 2 amide bonds. The highest BCUT2D eigenvalue weighted by Crippen LogP contribution is 2.25. The van der Waals surface area contributed by atoms with Gasteiger partial charge in [-0.05, 0) is 24.3 Å². The Morgan fingerprint density at radius 1 is 1.41 bits per heavy atom. The summed E-state index contributed by atoms with van der Waals surface area (Å²) in [5, 5.41) is 6.21. The summed E-state index contributed by atoms with van der Waals surface area (Å²) in [5.41, 5.74) is 0.805.